The number of pyridine rings is 1. The molecule has 0 radical (unpaired) electrons. The Kier molecular flexibility index (Phi) is 3.98. The molecule has 0 bridgehead atoms. The van der Waals surface area contributed by atoms with E-state index in [1.807, 2.05) is 51.8 Å². The Balaban J connectivity index is 1.38. The molecule has 1 atom stereocenters. The number of aromatic nitrogens is 2. The summed E-state index contributed by atoms with van der Waals surface area (Å²) in [6.07, 6.45) is 7.77. The lowest BCUT2D eigenvalue weighted by molar-refractivity contribution is -0.144. The molecule has 1 spiro atoms. The zero-order chi connectivity index (χ0) is 17.4. The Morgan fingerprint density at radius 2 is 2.16 bits per heavy atom. The number of piperidine rings is 1. The van der Waals surface area contributed by atoms with Crippen molar-refractivity contribution in [2.24, 2.45) is 5.41 Å². The van der Waals surface area contributed by atoms with E-state index >= 15 is 0 Å². The van der Waals surface area contributed by atoms with Crippen molar-refractivity contribution < 1.29 is 9.59 Å². The molecule has 4 rings (SSSR count). The first kappa shape index (κ1) is 16.1. The zero-order valence-electron chi connectivity index (χ0n) is 14.6. The molecule has 2 aliphatic heterocycles. The third-order valence-electron chi connectivity index (χ3n) is 5.66. The molecule has 0 aromatic carbocycles. The topological polar surface area (TPSA) is 57.9 Å². The SMILES string of the molecule is CN1CCC[C@@]2(CCN(C(=O)CCc3cn4ccccc4n3)C2)C1=O. The quantitative estimate of drug-likeness (QED) is 0.855. The number of hydrogen-bond donors (Lipinski definition) is 0. The van der Waals surface area contributed by atoms with Crippen LogP contribution in [-0.4, -0.2) is 57.7 Å². The fourth-order valence-corrected chi connectivity index (χ4v) is 4.23. The zero-order valence-corrected chi connectivity index (χ0v) is 14.6. The van der Waals surface area contributed by atoms with Gasteiger partial charge in [0.1, 0.15) is 5.65 Å². The molecular formula is C19H24N4O2. The lowest BCUT2D eigenvalue weighted by atomic mass is 9.78. The van der Waals surface area contributed by atoms with E-state index in [-0.39, 0.29) is 17.2 Å². The van der Waals surface area contributed by atoms with Gasteiger partial charge < -0.3 is 14.2 Å². The van der Waals surface area contributed by atoms with Gasteiger partial charge in [-0.25, -0.2) is 4.98 Å². The Hall–Kier alpha value is -2.37. The first-order chi connectivity index (χ1) is 12.1. The van der Waals surface area contributed by atoms with E-state index in [0.29, 0.717) is 25.9 Å². The van der Waals surface area contributed by atoms with Crippen molar-refractivity contribution >= 4 is 17.5 Å². The van der Waals surface area contributed by atoms with Crippen molar-refractivity contribution in [1.29, 1.82) is 0 Å². The molecule has 2 amide bonds. The molecule has 132 valence electrons. The summed E-state index contributed by atoms with van der Waals surface area (Å²) in [7, 11) is 1.87. The van der Waals surface area contributed by atoms with Crippen LogP contribution in [-0.2, 0) is 16.0 Å². The number of rotatable bonds is 3. The van der Waals surface area contributed by atoms with Crippen LogP contribution in [0.1, 0.15) is 31.4 Å². The van der Waals surface area contributed by atoms with Gasteiger partial charge in [-0.1, -0.05) is 6.07 Å². The second-order valence-corrected chi connectivity index (χ2v) is 7.37. The van der Waals surface area contributed by atoms with Crippen LogP contribution in [0.4, 0.5) is 0 Å². The molecule has 2 aromatic heterocycles. The average Bonchev–Trinajstić information content (AvgIpc) is 3.22. The second-order valence-electron chi connectivity index (χ2n) is 7.37. The fraction of sp³-hybridized carbons (Fsp3) is 0.526. The smallest absolute Gasteiger partial charge is 0.230 e. The monoisotopic (exact) mass is 340 g/mol. The van der Waals surface area contributed by atoms with Crippen LogP contribution in [0.2, 0.25) is 0 Å². The maximum atomic E-state index is 12.6. The Morgan fingerprint density at radius 1 is 1.28 bits per heavy atom. The summed E-state index contributed by atoms with van der Waals surface area (Å²) in [5, 5.41) is 0. The molecule has 6 heteroatoms. The van der Waals surface area contributed by atoms with Gasteiger partial charge in [0.05, 0.1) is 11.1 Å². The van der Waals surface area contributed by atoms with Crippen molar-refractivity contribution in [3.05, 3.63) is 36.3 Å². The van der Waals surface area contributed by atoms with Crippen molar-refractivity contribution in [2.75, 3.05) is 26.7 Å². The maximum Gasteiger partial charge on any atom is 0.230 e. The Morgan fingerprint density at radius 3 is 3.00 bits per heavy atom. The van der Waals surface area contributed by atoms with Crippen LogP contribution in [0.5, 0.6) is 0 Å². The number of likely N-dealkylation sites (tertiary alicyclic amines) is 2. The number of fused-ring (bicyclic) bond motifs is 1. The van der Waals surface area contributed by atoms with Crippen LogP contribution in [0, 0.1) is 5.41 Å². The van der Waals surface area contributed by atoms with Gasteiger partial charge in [0.25, 0.3) is 0 Å². The average molecular weight is 340 g/mol. The molecule has 2 aromatic rings. The highest BCUT2D eigenvalue weighted by Gasteiger charge is 2.48. The summed E-state index contributed by atoms with van der Waals surface area (Å²) in [4.78, 5) is 33.4. The third-order valence-corrected chi connectivity index (χ3v) is 5.66. The van der Waals surface area contributed by atoms with E-state index in [4.69, 9.17) is 0 Å². The van der Waals surface area contributed by atoms with Gasteiger partial charge >= 0.3 is 0 Å². The minimum absolute atomic E-state index is 0.134. The summed E-state index contributed by atoms with van der Waals surface area (Å²) >= 11 is 0. The van der Waals surface area contributed by atoms with Gasteiger partial charge in [0.2, 0.25) is 11.8 Å². The Bertz CT molecular complexity index is 782. The fourth-order valence-electron chi connectivity index (χ4n) is 4.23. The first-order valence-electron chi connectivity index (χ1n) is 9.03. The number of carbonyl (C=O) groups is 2. The van der Waals surface area contributed by atoms with Crippen LogP contribution >= 0.6 is 0 Å². The highest BCUT2D eigenvalue weighted by atomic mass is 16.2. The number of amides is 2. The summed E-state index contributed by atoms with van der Waals surface area (Å²) in [5.41, 5.74) is 1.51. The lowest BCUT2D eigenvalue weighted by Crippen LogP contribution is -2.48. The van der Waals surface area contributed by atoms with Gasteiger partial charge in [-0.2, -0.15) is 0 Å². The van der Waals surface area contributed by atoms with Crippen LogP contribution < -0.4 is 0 Å². The molecule has 0 N–H and O–H groups in total. The largest absolute Gasteiger partial charge is 0.345 e. The van der Waals surface area contributed by atoms with E-state index in [0.717, 1.165) is 37.1 Å². The minimum atomic E-state index is -0.328. The summed E-state index contributed by atoms with van der Waals surface area (Å²) < 4.78 is 1.97. The number of hydrogen-bond acceptors (Lipinski definition) is 3. The molecule has 2 fully saturated rings. The minimum Gasteiger partial charge on any atom is -0.345 e. The van der Waals surface area contributed by atoms with Crippen molar-refractivity contribution in [1.82, 2.24) is 19.2 Å². The molecule has 0 saturated carbocycles. The van der Waals surface area contributed by atoms with Gasteiger partial charge in [-0.3, -0.25) is 9.59 Å². The molecule has 4 heterocycles. The van der Waals surface area contributed by atoms with Crippen molar-refractivity contribution in [3.8, 4) is 0 Å². The van der Waals surface area contributed by atoms with E-state index in [1.165, 1.54) is 0 Å². The van der Waals surface area contributed by atoms with Crippen LogP contribution in [0.15, 0.2) is 30.6 Å². The predicted molar refractivity (Wildman–Crippen MR) is 94.0 cm³/mol. The molecule has 0 aliphatic carbocycles. The highest BCUT2D eigenvalue weighted by Crippen LogP contribution is 2.39. The molecule has 25 heavy (non-hydrogen) atoms. The standard InChI is InChI=1S/C19H24N4O2/c1-21-10-4-8-19(18(21)25)9-12-23(14-19)17(24)7-6-15-13-22-11-3-2-5-16(22)20-15/h2-3,5,11,13H,4,6-10,12,14H2,1H3/t19-/m0/s1. The van der Waals surface area contributed by atoms with Crippen LogP contribution in [0.3, 0.4) is 0 Å². The predicted octanol–water partition coefficient (Wildman–Crippen LogP) is 1.74. The van der Waals surface area contributed by atoms with E-state index in [1.54, 1.807) is 0 Å². The number of carbonyl (C=O) groups excluding carboxylic acids is 2. The molecule has 2 saturated heterocycles. The number of aryl methyl sites for hydroxylation is 1. The van der Waals surface area contributed by atoms with Gasteiger partial charge in [0.15, 0.2) is 0 Å². The highest BCUT2D eigenvalue weighted by molar-refractivity contribution is 5.86. The second kappa shape index (κ2) is 6.17. The molecule has 0 unspecified atom stereocenters. The summed E-state index contributed by atoms with van der Waals surface area (Å²) in [5.74, 6) is 0.351. The van der Waals surface area contributed by atoms with Crippen molar-refractivity contribution in [3.63, 3.8) is 0 Å². The number of imidazole rings is 1. The van der Waals surface area contributed by atoms with Crippen molar-refractivity contribution in [2.45, 2.75) is 32.1 Å². The van der Waals surface area contributed by atoms with E-state index in [9.17, 15) is 9.59 Å². The molecule has 2 aliphatic rings. The molecule has 6 nitrogen and oxygen atoms in total. The summed E-state index contributed by atoms with van der Waals surface area (Å²) in [6.45, 7) is 2.12. The van der Waals surface area contributed by atoms with E-state index in [2.05, 4.69) is 4.98 Å². The van der Waals surface area contributed by atoms with E-state index < -0.39 is 0 Å². The maximum absolute atomic E-state index is 12.6. The number of nitrogens with zero attached hydrogens (tertiary/aromatic N) is 4. The van der Waals surface area contributed by atoms with Gasteiger partial charge in [-0.05, 0) is 37.8 Å². The normalized spacial score (nSPS) is 23.8. The molecular weight excluding hydrogens is 316 g/mol. The Labute approximate surface area is 147 Å². The van der Waals surface area contributed by atoms with Gasteiger partial charge in [0, 0.05) is 45.5 Å². The third kappa shape index (κ3) is 2.90. The first-order valence-corrected chi connectivity index (χ1v) is 9.03. The lowest BCUT2D eigenvalue weighted by Gasteiger charge is -2.37. The summed E-state index contributed by atoms with van der Waals surface area (Å²) in [6, 6.07) is 5.88. The van der Waals surface area contributed by atoms with Crippen LogP contribution in [0.25, 0.3) is 5.65 Å². The van der Waals surface area contributed by atoms with Gasteiger partial charge in [-0.15, -0.1) is 0 Å².